The van der Waals surface area contributed by atoms with Crippen LogP contribution in [-0.4, -0.2) is 47.0 Å². The number of hydrazine groups is 1. The van der Waals surface area contributed by atoms with Gasteiger partial charge in [-0.3, -0.25) is 4.79 Å². The van der Waals surface area contributed by atoms with Crippen molar-refractivity contribution in [2.45, 2.75) is 83.8 Å². The zero-order valence-electron chi connectivity index (χ0n) is 13.4. The minimum Gasteiger partial charge on any atom is -0.341 e. The van der Waals surface area contributed by atoms with Gasteiger partial charge in [0.15, 0.2) is 0 Å². The first-order valence-electron chi connectivity index (χ1n) is 8.43. The van der Waals surface area contributed by atoms with Gasteiger partial charge in [0.1, 0.15) is 0 Å². The molecule has 2 rings (SSSR count). The Hall–Kier alpha value is -0.610. The molecule has 2 aliphatic rings. The summed E-state index contributed by atoms with van der Waals surface area (Å²) in [5, 5.41) is 2.31. The Bertz CT molecular complexity index is 303. The lowest BCUT2D eigenvalue weighted by Crippen LogP contribution is -2.58. The molecule has 4 heteroatoms. The van der Waals surface area contributed by atoms with Crippen molar-refractivity contribution in [3.8, 4) is 0 Å². The van der Waals surface area contributed by atoms with Gasteiger partial charge in [0.2, 0.25) is 5.91 Å². The Labute approximate surface area is 123 Å². The van der Waals surface area contributed by atoms with Crippen molar-refractivity contribution < 1.29 is 4.79 Å². The second kappa shape index (κ2) is 7.41. The summed E-state index contributed by atoms with van der Waals surface area (Å²) < 4.78 is 0. The molecule has 2 heterocycles. The number of amides is 1. The van der Waals surface area contributed by atoms with Crippen LogP contribution in [0.15, 0.2) is 0 Å². The van der Waals surface area contributed by atoms with E-state index in [4.69, 9.17) is 0 Å². The van der Waals surface area contributed by atoms with Crippen LogP contribution in [0.4, 0.5) is 0 Å². The third kappa shape index (κ3) is 3.95. The van der Waals surface area contributed by atoms with Crippen LogP contribution in [0.1, 0.15) is 65.7 Å². The third-order valence-electron chi connectivity index (χ3n) is 4.82. The number of rotatable bonds is 3. The van der Waals surface area contributed by atoms with Crippen molar-refractivity contribution in [1.29, 1.82) is 0 Å². The molecule has 0 spiro atoms. The van der Waals surface area contributed by atoms with E-state index in [0.717, 1.165) is 25.9 Å². The van der Waals surface area contributed by atoms with Gasteiger partial charge in [-0.2, -0.15) is 0 Å². The minimum absolute atomic E-state index is 0.101. The van der Waals surface area contributed by atoms with E-state index in [1.54, 1.807) is 0 Å². The van der Waals surface area contributed by atoms with E-state index < -0.39 is 0 Å². The summed E-state index contributed by atoms with van der Waals surface area (Å²) in [6.45, 7) is 8.41. The molecule has 0 bridgehead atoms. The van der Waals surface area contributed by atoms with E-state index in [1.807, 2.05) is 6.92 Å². The third-order valence-corrected chi connectivity index (χ3v) is 4.82. The lowest BCUT2D eigenvalue weighted by atomic mass is 10.00. The molecule has 3 atom stereocenters. The molecule has 1 amide bonds. The van der Waals surface area contributed by atoms with Gasteiger partial charge in [0.05, 0.1) is 6.04 Å². The van der Waals surface area contributed by atoms with Gasteiger partial charge in [0.25, 0.3) is 0 Å². The van der Waals surface area contributed by atoms with Crippen LogP contribution < -0.4 is 5.43 Å². The number of nitrogens with one attached hydrogen (secondary N) is 1. The summed E-state index contributed by atoms with van der Waals surface area (Å²) >= 11 is 0. The van der Waals surface area contributed by atoms with Crippen LogP contribution >= 0.6 is 0 Å². The summed E-state index contributed by atoms with van der Waals surface area (Å²) in [5.74, 6) is 0.275. The number of carbonyl (C=O) groups excluding carboxylic acids is 1. The van der Waals surface area contributed by atoms with E-state index in [9.17, 15) is 4.79 Å². The Morgan fingerprint density at radius 2 is 1.55 bits per heavy atom. The molecule has 1 N–H and O–H groups in total. The number of piperidine rings is 1. The number of carbonyl (C=O) groups is 1. The zero-order chi connectivity index (χ0) is 14.5. The number of nitrogens with zero attached hydrogens (tertiary/aromatic N) is 2. The maximum absolute atomic E-state index is 12.6. The number of hydrogen-bond acceptors (Lipinski definition) is 3. The van der Waals surface area contributed by atoms with Crippen LogP contribution in [0.2, 0.25) is 0 Å². The molecule has 2 aliphatic heterocycles. The normalized spacial score (nSPS) is 30.9. The fraction of sp³-hybridized carbons (Fsp3) is 0.938. The van der Waals surface area contributed by atoms with Crippen molar-refractivity contribution in [2.24, 2.45) is 0 Å². The summed E-state index contributed by atoms with van der Waals surface area (Å²) in [6, 6.07) is 0.951. The molecule has 0 aromatic carbocycles. The van der Waals surface area contributed by atoms with Crippen LogP contribution in [0, 0.1) is 0 Å². The molecule has 0 radical (unpaired) electrons. The summed E-state index contributed by atoms with van der Waals surface area (Å²) in [7, 11) is 0. The van der Waals surface area contributed by atoms with Crippen LogP contribution in [0.3, 0.4) is 0 Å². The maximum Gasteiger partial charge on any atom is 0.240 e. The Morgan fingerprint density at radius 1 is 1.00 bits per heavy atom. The minimum atomic E-state index is -0.101. The first kappa shape index (κ1) is 15.8. The molecule has 2 saturated heterocycles. The number of hydrogen-bond donors (Lipinski definition) is 1. The van der Waals surface area contributed by atoms with E-state index in [1.165, 1.54) is 32.1 Å². The van der Waals surface area contributed by atoms with Gasteiger partial charge < -0.3 is 4.90 Å². The highest BCUT2D eigenvalue weighted by atomic mass is 16.2. The van der Waals surface area contributed by atoms with Gasteiger partial charge in [-0.1, -0.05) is 19.3 Å². The molecule has 3 unspecified atom stereocenters. The topological polar surface area (TPSA) is 35.6 Å². The quantitative estimate of drug-likeness (QED) is 0.863. The molecule has 0 aliphatic carbocycles. The van der Waals surface area contributed by atoms with E-state index in [2.05, 4.69) is 29.2 Å². The molecule has 116 valence electrons. The van der Waals surface area contributed by atoms with Crippen LogP contribution in [0.5, 0.6) is 0 Å². The highest BCUT2D eigenvalue weighted by Gasteiger charge is 2.29. The van der Waals surface area contributed by atoms with Gasteiger partial charge >= 0.3 is 0 Å². The molecule has 4 nitrogen and oxygen atoms in total. The van der Waals surface area contributed by atoms with Crippen molar-refractivity contribution in [2.75, 3.05) is 13.1 Å². The monoisotopic (exact) mass is 281 g/mol. The van der Waals surface area contributed by atoms with E-state index in [0.29, 0.717) is 12.1 Å². The predicted octanol–water partition coefficient (Wildman–Crippen LogP) is 2.54. The van der Waals surface area contributed by atoms with Gasteiger partial charge in [-0.05, 0) is 46.5 Å². The standard InChI is InChI=1S/C16H31N3O/c1-13-9-8-10-14(2)19(13)17-15(3)16(20)18-11-6-4-5-7-12-18/h13-15,17H,4-12H2,1-3H3. The van der Waals surface area contributed by atoms with Crippen molar-refractivity contribution in [3.63, 3.8) is 0 Å². The first-order valence-corrected chi connectivity index (χ1v) is 8.43. The first-order chi connectivity index (χ1) is 9.59. The lowest BCUT2D eigenvalue weighted by molar-refractivity contribution is -0.135. The molecular formula is C16H31N3O. The SMILES string of the molecule is CC(NN1C(C)CCCC1C)C(=O)N1CCCCCC1. The van der Waals surface area contributed by atoms with E-state index >= 15 is 0 Å². The molecular weight excluding hydrogens is 250 g/mol. The smallest absolute Gasteiger partial charge is 0.240 e. The average Bonchev–Trinajstić information content (AvgIpc) is 2.71. The van der Waals surface area contributed by atoms with Crippen molar-refractivity contribution in [1.82, 2.24) is 15.3 Å². The molecule has 20 heavy (non-hydrogen) atoms. The lowest BCUT2D eigenvalue weighted by Gasteiger charge is -2.41. The van der Waals surface area contributed by atoms with Crippen molar-refractivity contribution in [3.05, 3.63) is 0 Å². The van der Waals surface area contributed by atoms with Gasteiger partial charge in [-0.25, -0.2) is 10.4 Å². The second-order valence-electron chi connectivity index (χ2n) is 6.63. The van der Waals surface area contributed by atoms with Crippen LogP contribution in [0.25, 0.3) is 0 Å². The highest BCUT2D eigenvalue weighted by Crippen LogP contribution is 2.21. The summed E-state index contributed by atoms with van der Waals surface area (Å²) in [4.78, 5) is 14.6. The largest absolute Gasteiger partial charge is 0.341 e. The average molecular weight is 281 g/mol. The van der Waals surface area contributed by atoms with Gasteiger partial charge in [0, 0.05) is 25.2 Å². The molecule has 0 saturated carbocycles. The highest BCUT2D eigenvalue weighted by molar-refractivity contribution is 5.81. The number of likely N-dealkylation sites (tertiary alicyclic amines) is 1. The Kier molecular flexibility index (Phi) is 5.85. The fourth-order valence-corrected chi connectivity index (χ4v) is 3.52. The van der Waals surface area contributed by atoms with Crippen LogP contribution in [-0.2, 0) is 4.79 Å². The Balaban J connectivity index is 1.89. The second-order valence-corrected chi connectivity index (χ2v) is 6.63. The van der Waals surface area contributed by atoms with E-state index in [-0.39, 0.29) is 11.9 Å². The summed E-state index contributed by atoms with van der Waals surface area (Å²) in [6.07, 6.45) is 8.61. The Morgan fingerprint density at radius 3 is 2.10 bits per heavy atom. The summed E-state index contributed by atoms with van der Waals surface area (Å²) in [5.41, 5.74) is 3.48. The molecule has 0 aromatic rings. The van der Waals surface area contributed by atoms with Gasteiger partial charge in [-0.15, -0.1) is 0 Å². The molecule has 2 fully saturated rings. The predicted molar refractivity (Wildman–Crippen MR) is 82.3 cm³/mol. The zero-order valence-corrected chi connectivity index (χ0v) is 13.4. The fourth-order valence-electron chi connectivity index (χ4n) is 3.52. The maximum atomic E-state index is 12.6. The molecule has 0 aromatic heterocycles. The van der Waals surface area contributed by atoms with Crippen molar-refractivity contribution >= 4 is 5.91 Å².